The van der Waals surface area contributed by atoms with Crippen LogP contribution in [0.1, 0.15) is 49.1 Å². The molecule has 39 heavy (non-hydrogen) atoms. The standard InChI is InChI=1S/C31H28N2O6/c1-18(2)17-38-26-14-9-23(15-19(26)3)29(35)27-28(22-7-12-25(13-8-22)39-20(4)34)33(31(37)30(27)36)24-10-5-21(16-32)6-11-24/h5-15,18,28,35H,17H2,1-4H3/b29-27-. The maximum atomic E-state index is 13.4. The van der Waals surface area contributed by atoms with Crippen molar-refractivity contribution in [1.29, 1.82) is 5.26 Å². The quantitative estimate of drug-likeness (QED) is 0.144. The van der Waals surface area contributed by atoms with Gasteiger partial charge in [0.05, 0.1) is 29.9 Å². The van der Waals surface area contributed by atoms with E-state index < -0.39 is 23.7 Å². The van der Waals surface area contributed by atoms with E-state index in [1.165, 1.54) is 11.8 Å². The molecule has 1 heterocycles. The topological polar surface area (TPSA) is 117 Å². The number of esters is 1. The Morgan fingerprint density at radius 3 is 2.28 bits per heavy atom. The number of rotatable bonds is 7. The van der Waals surface area contributed by atoms with E-state index in [-0.39, 0.29) is 11.3 Å². The predicted octanol–water partition coefficient (Wildman–Crippen LogP) is 5.45. The van der Waals surface area contributed by atoms with E-state index in [0.29, 0.717) is 46.4 Å². The minimum absolute atomic E-state index is 0.0835. The van der Waals surface area contributed by atoms with Crippen LogP contribution in [-0.4, -0.2) is 29.4 Å². The molecule has 1 atom stereocenters. The molecule has 1 amide bonds. The number of ether oxygens (including phenoxy) is 2. The third-order valence-electron chi connectivity index (χ3n) is 6.20. The Bertz CT molecular complexity index is 1500. The van der Waals surface area contributed by atoms with Gasteiger partial charge in [0.1, 0.15) is 17.3 Å². The van der Waals surface area contributed by atoms with E-state index in [1.54, 1.807) is 66.7 Å². The number of anilines is 1. The number of benzene rings is 3. The molecule has 8 heteroatoms. The van der Waals surface area contributed by atoms with E-state index in [2.05, 4.69) is 0 Å². The van der Waals surface area contributed by atoms with Crippen LogP contribution in [0.5, 0.6) is 11.5 Å². The highest BCUT2D eigenvalue weighted by Gasteiger charge is 2.47. The van der Waals surface area contributed by atoms with Gasteiger partial charge in [-0.25, -0.2) is 0 Å². The van der Waals surface area contributed by atoms with Gasteiger partial charge < -0.3 is 14.6 Å². The molecule has 0 aromatic heterocycles. The van der Waals surface area contributed by atoms with Gasteiger partial charge in [-0.3, -0.25) is 19.3 Å². The monoisotopic (exact) mass is 524 g/mol. The fraction of sp³-hybridized carbons (Fsp3) is 0.226. The number of aliphatic hydroxyl groups excluding tert-OH is 1. The molecule has 3 aromatic rings. The predicted molar refractivity (Wildman–Crippen MR) is 145 cm³/mol. The van der Waals surface area contributed by atoms with Crippen LogP contribution in [0.25, 0.3) is 5.76 Å². The maximum Gasteiger partial charge on any atom is 0.308 e. The van der Waals surface area contributed by atoms with Crippen molar-refractivity contribution in [3.8, 4) is 17.6 Å². The van der Waals surface area contributed by atoms with Crippen LogP contribution in [0, 0.1) is 24.2 Å². The van der Waals surface area contributed by atoms with Gasteiger partial charge in [0, 0.05) is 18.2 Å². The van der Waals surface area contributed by atoms with Crippen molar-refractivity contribution in [2.24, 2.45) is 5.92 Å². The number of aliphatic hydroxyl groups is 1. The molecule has 1 fully saturated rings. The number of hydrogen-bond acceptors (Lipinski definition) is 7. The van der Waals surface area contributed by atoms with Crippen molar-refractivity contribution in [2.75, 3.05) is 11.5 Å². The largest absolute Gasteiger partial charge is 0.507 e. The van der Waals surface area contributed by atoms with E-state index in [1.807, 2.05) is 26.8 Å². The van der Waals surface area contributed by atoms with E-state index in [9.17, 15) is 24.8 Å². The summed E-state index contributed by atoms with van der Waals surface area (Å²) in [5.41, 5.74) is 2.35. The van der Waals surface area contributed by atoms with E-state index in [4.69, 9.17) is 9.47 Å². The number of nitriles is 1. The minimum atomic E-state index is -0.971. The van der Waals surface area contributed by atoms with Gasteiger partial charge in [-0.15, -0.1) is 0 Å². The first-order chi connectivity index (χ1) is 18.6. The molecular formula is C31H28N2O6. The van der Waals surface area contributed by atoms with Crippen LogP contribution in [-0.2, 0) is 14.4 Å². The van der Waals surface area contributed by atoms with Crippen LogP contribution in [0.2, 0.25) is 0 Å². The molecule has 3 aromatic carbocycles. The number of amides is 1. The Hall–Kier alpha value is -4.90. The average molecular weight is 525 g/mol. The molecule has 1 saturated heterocycles. The van der Waals surface area contributed by atoms with Crippen molar-refractivity contribution >= 4 is 29.1 Å². The number of aryl methyl sites for hydroxylation is 1. The number of carbonyl (C=O) groups is 3. The minimum Gasteiger partial charge on any atom is -0.507 e. The third-order valence-corrected chi connectivity index (χ3v) is 6.20. The lowest BCUT2D eigenvalue weighted by Crippen LogP contribution is -2.29. The van der Waals surface area contributed by atoms with Crippen LogP contribution in [0.4, 0.5) is 5.69 Å². The summed E-state index contributed by atoms with van der Waals surface area (Å²) in [6.45, 7) is 7.75. The van der Waals surface area contributed by atoms with Crippen molar-refractivity contribution < 1.29 is 29.0 Å². The molecular weight excluding hydrogens is 496 g/mol. The van der Waals surface area contributed by atoms with Gasteiger partial charge in [0.15, 0.2) is 0 Å². The van der Waals surface area contributed by atoms with Gasteiger partial charge in [-0.2, -0.15) is 5.26 Å². The van der Waals surface area contributed by atoms with Gasteiger partial charge in [0.2, 0.25) is 0 Å². The molecule has 0 bridgehead atoms. The SMILES string of the molecule is CC(=O)Oc1ccc(C2/C(=C(/O)c3ccc(OCC(C)C)c(C)c3)C(=O)C(=O)N2c2ccc(C#N)cc2)cc1. The Balaban J connectivity index is 1.84. The van der Waals surface area contributed by atoms with Gasteiger partial charge in [-0.1, -0.05) is 26.0 Å². The fourth-order valence-electron chi connectivity index (χ4n) is 4.37. The smallest absolute Gasteiger partial charge is 0.308 e. The zero-order valence-corrected chi connectivity index (χ0v) is 22.1. The van der Waals surface area contributed by atoms with Crippen molar-refractivity contribution in [3.63, 3.8) is 0 Å². The summed E-state index contributed by atoms with van der Waals surface area (Å²) in [5, 5.41) is 20.6. The Labute approximate surface area is 226 Å². The first-order valence-corrected chi connectivity index (χ1v) is 12.4. The zero-order valence-electron chi connectivity index (χ0n) is 22.1. The fourth-order valence-corrected chi connectivity index (χ4v) is 4.37. The van der Waals surface area contributed by atoms with Gasteiger partial charge in [0.25, 0.3) is 11.7 Å². The molecule has 0 aliphatic carbocycles. The number of nitrogens with zero attached hydrogens (tertiary/aromatic N) is 2. The molecule has 1 aliphatic heterocycles. The maximum absolute atomic E-state index is 13.4. The second-order valence-electron chi connectivity index (χ2n) is 9.68. The number of ketones is 1. The van der Waals surface area contributed by atoms with Gasteiger partial charge >= 0.3 is 5.97 Å². The molecule has 198 valence electrons. The van der Waals surface area contributed by atoms with E-state index >= 15 is 0 Å². The first kappa shape index (κ1) is 27.1. The summed E-state index contributed by atoms with van der Waals surface area (Å²) < 4.78 is 11.0. The summed E-state index contributed by atoms with van der Waals surface area (Å²) in [5.74, 6) is -1.17. The molecule has 0 radical (unpaired) electrons. The lowest BCUT2D eigenvalue weighted by molar-refractivity contribution is -0.132. The molecule has 0 saturated carbocycles. The summed E-state index contributed by atoms with van der Waals surface area (Å²) in [6, 6.07) is 18.8. The van der Waals surface area contributed by atoms with Crippen molar-refractivity contribution in [1.82, 2.24) is 0 Å². The lowest BCUT2D eigenvalue weighted by Gasteiger charge is -2.25. The zero-order chi connectivity index (χ0) is 28.3. The second kappa shape index (κ2) is 11.2. The summed E-state index contributed by atoms with van der Waals surface area (Å²) in [4.78, 5) is 39.4. The van der Waals surface area contributed by atoms with Crippen LogP contribution in [0.3, 0.4) is 0 Å². The first-order valence-electron chi connectivity index (χ1n) is 12.4. The van der Waals surface area contributed by atoms with Gasteiger partial charge in [-0.05, 0) is 78.6 Å². The Morgan fingerprint density at radius 1 is 1.05 bits per heavy atom. The highest BCUT2D eigenvalue weighted by molar-refractivity contribution is 6.51. The third kappa shape index (κ3) is 5.68. The van der Waals surface area contributed by atoms with Crippen molar-refractivity contribution in [3.05, 3.63) is 94.6 Å². The molecule has 1 aliphatic rings. The molecule has 1 unspecified atom stereocenters. The van der Waals surface area contributed by atoms with E-state index in [0.717, 1.165) is 5.56 Å². The van der Waals surface area contributed by atoms with Crippen molar-refractivity contribution in [2.45, 2.75) is 33.7 Å². The number of hydrogen-bond donors (Lipinski definition) is 1. The molecule has 8 nitrogen and oxygen atoms in total. The Morgan fingerprint density at radius 2 is 1.72 bits per heavy atom. The molecule has 4 rings (SSSR count). The molecule has 1 N–H and O–H groups in total. The highest BCUT2D eigenvalue weighted by atomic mass is 16.5. The highest BCUT2D eigenvalue weighted by Crippen LogP contribution is 2.42. The summed E-state index contributed by atoms with van der Waals surface area (Å²) in [6.07, 6.45) is 0. The molecule has 0 spiro atoms. The lowest BCUT2D eigenvalue weighted by atomic mass is 9.94. The second-order valence-corrected chi connectivity index (χ2v) is 9.68. The summed E-state index contributed by atoms with van der Waals surface area (Å²) in [7, 11) is 0. The van der Waals surface area contributed by atoms with Crippen LogP contribution < -0.4 is 14.4 Å². The average Bonchev–Trinajstić information content (AvgIpc) is 3.17. The normalized spacial score (nSPS) is 16.3. The summed E-state index contributed by atoms with van der Waals surface area (Å²) >= 11 is 0. The Kier molecular flexibility index (Phi) is 7.82. The van der Waals surface area contributed by atoms with Crippen LogP contribution >= 0.6 is 0 Å². The number of carbonyl (C=O) groups excluding carboxylic acids is 3. The van der Waals surface area contributed by atoms with Crippen LogP contribution in [0.15, 0.2) is 72.3 Å². The number of Topliss-reactive ketones (excluding diaryl/α,β-unsaturated/α-hetero) is 1.